The fourth-order valence-corrected chi connectivity index (χ4v) is 3.26. The van der Waals surface area contributed by atoms with Crippen LogP contribution in [0, 0.1) is 6.92 Å². The van der Waals surface area contributed by atoms with E-state index in [0.29, 0.717) is 0 Å². The van der Waals surface area contributed by atoms with Crippen molar-refractivity contribution < 1.29 is 0 Å². The van der Waals surface area contributed by atoms with E-state index in [4.69, 9.17) is 4.98 Å². The van der Waals surface area contributed by atoms with Crippen LogP contribution < -0.4 is 5.56 Å². The summed E-state index contributed by atoms with van der Waals surface area (Å²) in [6, 6.07) is 15.0. The number of H-pyrrole nitrogens is 2. The molecule has 0 aliphatic carbocycles. The number of nitrogens with zero attached hydrogens (tertiary/aromatic N) is 4. The van der Waals surface area contributed by atoms with Crippen LogP contribution in [0.3, 0.4) is 0 Å². The Morgan fingerprint density at radius 2 is 1.79 bits per heavy atom. The predicted molar refractivity (Wildman–Crippen MR) is 111 cm³/mol. The molecule has 0 unspecified atom stereocenters. The van der Waals surface area contributed by atoms with Crippen molar-refractivity contribution >= 4 is 11.0 Å². The molecule has 29 heavy (non-hydrogen) atoms. The van der Waals surface area contributed by atoms with Crippen molar-refractivity contribution in [2.75, 3.05) is 0 Å². The Bertz CT molecular complexity index is 1380. The first kappa shape index (κ1) is 17.0. The maximum Gasteiger partial charge on any atom is 0.247 e. The summed E-state index contributed by atoms with van der Waals surface area (Å²) in [5, 5.41) is 7.24. The Hall–Kier alpha value is -4.13. The lowest BCUT2D eigenvalue weighted by atomic mass is 10.1. The third-order valence-electron chi connectivity index (χ3n) is 4.71. The van der Waals surface area contributed by atoms with Crippen LogP contribution in [-0.4, -0.2) is 30.1 Å². The third kappa shape index (κ3) is 3.19. The van der Waals surface area contributed by atoms with Crippen molar-refractivity contribution in [1.29, 1.82) is 0 Å². The molecule has 2 N–H and O–H groups in total. The van der Waals surface area contributed by atoms with Crippen LogP contribution in [0.5, 0.6) is 0 Å². The van der Waals surface area contributed by atoms with Crippen LogP contribution in [-0.2, 0) is 0 Å². The van der Waals surface area contributed by atoms with Gasteiger partial charge >= 0.3 is 0 Å². The molecule has 0 aliphatic heterocycles. The SMILES string of the molecule is Cc1cccc(-c2[nH]ncc2-c2ccc3ncc(-c4ccc(=O)[nH]c4)cc3n2)n1. The highest BCUT2D eigenvalue weighted by Gasteiger charge is 2.13. The van der Waals surface area contributed by atoms with Gasteiger partial charge in [-0.25, -0.2) is 4.98 Å². The summed E-state index contributed by atoms with van der Waals surface area (Å²) in [6.07, 6.45) is 5.20. The van der Waals surface area contributed by atoms with Gasteiger partial charge in [0.05, 0.1) is 34.3 Å². The smallest absolute Gasteiger partial charge is 0.247 e. The van der Waals surface area contributed by atoms with Gasteiger partial charge in [-0.3, -0.25) is 19.9 Å². The first-order valence-corrected chi connectivity index (χ1v) is 9.11. The average Bonchev–Trinajstić information content (AvgIpc) is 3.23. The minimum atomic E-state index is -0.139. The minimum Gasteiger partial charge on any atom is -0.328 e. The highest BCUT2D eigenvalue weighted by atomic mass is 16.1. The van der Waals surface area contributed by atoms with Crippen LogP contribution in [0.4, 0.5) is 0 Å². The van der Waals surface area contributed by atoms with E-state index in [1.807, 2.05) is 43.3 Å². The summed E-state index contributed by atoms with van der Waals surface area (Å²) in [5.74, 6) is 0. The molecule has 7 nitrogen and oxygen atoms in total. The van der Waals surface area contributed by atoms with E-state index in [1.165, 1.54) is 6.07 Å². The van der Waals surface area contributed by atoms with Gasteiger partial charge in [-0.15, -0.1) is 0 Å². The van der Waals surface area contributed by atoms with E-state index in [1.54, 1.807) is 24.7 Å². The van der Waals surface area contributed by atoms with E-state index in [0.717, 1.165) is 50.5 Å². The number of hydrogen-bond donors (Lipinski definition) is 2. The van der Waals surface area contributed by atoms with Gasteiger partial charge in [-0.2, -0.15) is 5.10 Å². The van der Waals surface area contributed by atoms with Crippen LogP contribution in [0.1, 0.15) is 5.69 Å². The first-order chi connectivity index (χ1) is 14.2. The molecule has 0 spiro atoms. The molecule has 140 valence electrons. The molecular formula is C22H16N6O. The van der Waals surface area contributed by atoms with Crippen molar-refractivity contribution in [3.8, 4) is 33.8 Å². The van der Waals surface area contributed by atoms with Gasteiger partial charge in [0.25, 0.3) is 0 Å². The van der Waals surface area contributed by atoms with Gasteiger partial charge in [-0.05, 0) is 48.9 Å². The van der Waals surface area contributed by atoms with Gasteiger partial charge in [0, 0.05) is 35.3 Å². The molecule has 7 heteroatoms. The molecule has 5 heterocycles. The molecule has 0 aromatic carbocycles. The van der Waals surface area contributed by atoms with Crippen molar-refractivity contribution in [3.63, 3.8) is 0 Å². The number of pyridine rings is 4. The molecule has 0 fully saturated rings. The second kappa shape index (κ2) is 6.79. The molecule has 0 atom stereocenters. The summed E-state index contributed by atoms with van der Waals surface area (Å²) in [5.41, 5.74) is 7.40. The summed E-state index contributed by atoms with van der Waals surface area (Å²) in [7, 11) is 0. The van der Waals surface area contributed by atoms with E-state index < -0.39 is 0 Å². The molecule has 0 saturated carbocycles. The lowest BCUT2D eigenvalue weighted by molar-refractivity contribution is 1.08. The van der Waals surface area contributed by atoms with Crippen LogP contribution >= 0.6 is 0 Å². The second-order valence-corrected chi connectivity index (χ2v) is 6.72. The Kier molecular flexibility index (Phi) is 3.98. The molecule has 5 aromatic rings. The Labute approximate surface area is 165 Å². The second-order valence-electron chi connectivity index (χ2n) is 6.72. The standard InChI is InChI=1S/C22H16N6O/c1-13-3-2-4-19(26-13)22-16(12-25-28-22)17-6-7-18-20(27-17)9-15(11-23-18)14-5-8-21(29)24-10-14/h2-12H,1H3,(H,24,29)(H,25,28). The van der Waals surface area contributed by atoms with E-state index in [-0.39, 0.29) is 5.56 Å². The Morgan fingerprint density at radius 3 is 2.62 bits per heavy atom. The summed E-state index contributed by atoms with van der Waals surface area (Å²) in [4.78, 5) is 27.9. The fraction of sp³-hybridized carbons (Fsp3) is 0.0455. The predicted octanol–water partition coefficient (Wildman–Crippen LogP) is 3.75. The largest absolute Gasteiger partial charge is 0.328 e. The van der Waals surface area contributed by atoms with Crippen LogP contribution in [0.25, 0.3) is 44.8 Å². The van der Waals surface area contributed by atoms with E-state index in [9.17, 15) is 4.79 Å². The Morgan fingerprint density at radius 1 is 0.862 bits per heavy atom. The fourth-order valence-electron chi connectivity index (χ4n) is 3.26. The van der Waals surface area contributed by atoms with Crippen molar-refractivity contribution in [2.45, 2.75) is 6.92 Å². The molecule has 0 saturated heterocycles. The van der Waals surface area contributed by atoms with E-state index >= 15 is 0 Å². The van der Waals surface area contributed by atoms with Crippen molar-refractivity contribution in [2.24, 2.45) is 0 Å². The van der Waals surface area contributed by atoms with Crippen molar-refractivity contribution in [1.82, 2.24) is 30.1 Å². The van der Waals surface area contributed by atoms with E-state index in [2.05, 4.69) is 25.1 Å². The monoisotopic (exact) mass is 380 g/mol. The maximum absolute atomic E-state index is 11.3. The van der Waals surface area contributed by atoms with Gasteiger partial charge in [0.1, 0.15) is 0 Å². The lowest BCUT2D eigenvalue weighted by Gasteiger charge is -2.06. The molecule has 5 rings (SSSR count). The normalized spacial score (nSPS) is 11.1. The molecule has 0 amide bonds. The number of fused-ring (bicyclic) bond motifs is 1. The zero-order chi connectivity index (χ0) is 19.8. The topological polar surface area (TPSA) is 100 Å². The number of aryl methyl sites for hydroxylation is 1. The van der Waals surface area contributed by atoms with Crippen LogP contribution in [0.2, 0.25) is 0 Å². The quantitative estimate of drug-likeness (QED) is 0.497. The zero-order valence-corrected chi connectivity index (χ0v) is 15.5. The number of rotatable bonds is 3. The maximum atomic E-state index is 11.3. The molecule has 5 aromatic heterocycles. The molecule has 0 radical (unpaired) electrons. The molecule has 0 bridgehead atoms. The Balaban J connectivity index is 1.61. The number of nitrogens with one attached hydrogen (secondary N) is 2. The summed E-state index contributed by atoms with van der Waals surface area (Å²) >= 11 is 0. The van der Waals surface area contributed by atoms with Crippen LogP contribution in [0.15, 0.2) is 71.9 Å². The number of aromatic amines is 2. The van der Waals surface area contributed by atoms with Gasteiger partial charge in [0.2, 0.25) is 5.56 Å². The van der Waals surface area contributed by atoms with Gasteiger partial charge in [0.15, 0.2) is 0 Å². The summed E-state index contributed by atoms with van der Waals surface area (Å²) < 4.78 is 0. The third-order valence-corrected chi connectivity index (χ3v) is 4.71. The average molecular weight is 380 g/mol. The summed E-state index contributed by atoms with van der Waals surface area (Å²) in [6.45, 7) is 1.96. The lowest BCUT2D eigenvalue weighted by Crippen LogP contribution is -2.01. The molecular weight excluding hydrogens is 364 g/mol. The highest BCUT2D eigenvalue weighted by Crippen LogP contribution is 2.29. The first-order valence-electron chi connectivity index (χ1n) is 9.11. The van der Waals surface area contributed by atoms with Gasteiger partial charge < -0.3 is 4.98 Å². The highest BCUT2D eigenvalue weighted by molar-refractivity contribution is 5.84. The minimum absolute atomic E-state index is 0.139. The number of hydrogen-bond acceptors (Lipinski definition) is 5. The van der Waals surface area contributed by atoms with Gasteiger partial charge in [-0.1, -0.05) is 6.07 Å². The zero-order valence-electron chi connectivity index (χ0n) is 15.5. The number of aromatic nitrogens is 6. The molecule has 0 aliphatic rings. The van der Waals surface area contributed by atoms with Crippen molar-refractivity contribution in [3.05, 3.63) is 83.2 Å².